The molecule has 20 heavy (non-hydrogen) atoms. The van der Waals surface area contributed by atoms with Crippen molar-refractivity contribution in [2.75, 3.05) is 19.3 Å². The zero-order valence-electron chi connectivity index (χ0n) is 12.9. The van der Waals surface area contributed by atoms with E-state index in [0.29, 0.717) is 38.8 Å². The molecule has 1 heterocycles. The summed E-state index contributed by atoms with van der Waals surface area (Å²) in [6.45, 7) is 6.80. The van der Waals surface area contributed by atoms with Crippen molar-refractivity contribution < 1.29 is 13.8 Å². The zero-order chi connectivity index (χ0) is 15.3. The average Bonchev–Trinajstić information content (AvgIpc) is 2.54. The van der Waals surface area contributed by atoms with E-state index in [1.807, 2.05) is 20.8 Å². The summed E-state index contributed by atoms with van der Waals surface area (Å²) in [6, 6.07) is 0. The van der Waals surface area contributed by atoms with Gasteiger partial charge in [-0.05, 0) is 19.3 Å². The number of amides is 2. The maximum atomic E-state index is 12.7. The second-order valence-corrected chi connectivity index (χ2v) is 7.28. The van der Waals surface area contributed by atoms with Crippen molar-refractivity contribution in [1.82, 2.24) is 10.2 Å². The van der Waals surface area contributed by atoms with Crippen LogP contribution in [0.4, 0.5) is 0 Å². The van der Waals surface area contributed by atoms with E-state index < -0.39 is 16.3 Å². The lowest BCUT2D eigenvalue weighted by molar-refractivity contribution is -0.139. The summed E-state index contributed by atoms with van der Waals surface area (Å²) in [7, 11) is -0.881. The largest absolute Gasteiger partial charge is 0.342 e. The first-order valence-corrected chi connectivity index (χ1v) is 8.91. The molecular formula is C14H26N2O3S. The lowest BCUT2D eigenvalue weighted by Gasteiger charge is -2.34. The van der Waals surface area contributed by atoms with Gasteiger partial charge in [0.2, 0.25) is 11.8 Å². The Morgan fingerprint density at radius 1 is 1.35 bits per heavy atom. The first-order valence-electron chi connectivity index (χ1n) is 7.29. The third-order valence-electron chi connectivity index (χ3n) is 4.26. The van der Waals surface area contributed by atoms with Crippen LogP contribution in [0.15, 0.2) is 0 Å². The molecule has 2 unspecified atom stereocenters. The molecule has 2 amide bonds. The highest BCUT2D eigenvalue weighted by Gasteiger charge is 2.41. The second kappa shape index (κ2) is 7.20. The van der Waals surface area contributed by atoms with Crippen molar-refractivity contribution in [1.29, 1.82) is 0 Å². The molecule has 0 spiro atoms. The Bertz CT molecular complexity index is 394. The standard InChI is InChI=1S/C14H26N2O3S/c1-5-14(6-2)13(18)16(10-8-12(17)15-14)9-7-11(3)20(4)19/h11H,5-10H2,1-4H3,(H,15,17). The van der Waals surface area contributed by atoms with Crippen molar-refractivity contribution in [2.24, 2.45) is 0 Å². The van der Waals surface area contributed by atoms with Crippen LogP contribution in [0.25, 0.3) is 0 Å². The van der Waals surface area contributed by atoms with Gasteiger partial charge in [0, 0.05) is 41.8 Å². The molecule has 1 saturated heterocycles. The summed E-state index contributed by atoms with van der Waals surface area (Å²) in [6.07, 6.45) is 3.92. The van der Waals surface area contributed by atoms with Gasteiger partial charge < -0.3 is 10.2 Å². The molecule has 6 heteroatoms. The summed E-state index contributed by atoms with van der Waals surface area (Å²) in [4.78, 5) is 26.3. The molecule has 1 aliphatic rings. The number of hydrogen-bond donors (Lipinski definition) is 1. The number of nitrogens with zero attached hydrogens (tertiary/aromatic N) is 1. The Hall–Kier alpha value is -0.910. The fraction of sp³-hybridized carbons (Fsp3) is 0.857. The van der Waals surface area contributed by atoms with Crippen LogP contribution in [0.1, 0.15) is 46.5 Å². The molecule has 0 aromatic rings. The van der Waals surface area contributed by atoms with E-state index >= 15 is 0 Å². The average molecular weight is 302 g/mol. The third-order valence-corrected chi connectivity index (χ3v) is 5.63. The fourth-order valence-electron chi connectivity index (χ4n) is 2.47. The summed E-state index contributed by atoms with van der Waals surface area (Å²) >= 11 is 0. The molecule has 116 valence electrons. The highest BCUT2D eigenvalue weighted by molar-refractivity contribution is 7.84. The molecular weight excluding hydrogens is 276 g/mol. The van der Waals surface area contributed by atoms with Crippen LogP contribution in [0.3, 0.4) is 0 Å². The van der Waals surface area contributed by atoms with E-state index in [2.05, 4.69) is 5.32 Å². The van der Waals surface area contributed by atoms with Gasteiger partial charge in [-0.15, -0.1) is 0 Å². The van der Waals surface area contributed by atoms with Gasteiger partial charge in [0.1, 0.15) is 5.54 Å². The lowest BCUT2D eigenvalue weighted by Crippen LogP contribution is -2.56. The van der Waals surface area contributed by atoms with Crippen molar-refractivity contribution in [3.05, 3.63) is 0 Å². The van der Waals surface area contributed by atoms with E-state index in [1.165, 1.54) is 0 Å². The minimum absolute atomic E-state index is 0.00225. The number of nitrogens with one attached hydrogen (secondary N) is 1. The predicted octanol–water partition coefficient (Wildman–Crippen LogP) is 1.05. The van der Waals surface area contributed by atoms with Gasteiger partial charge in [0.05, 0.1) is 0 Å². The molecule has 0 aliphatic carbocycles. The Labute approximate surface area is 123 Å². The van der Waals surface area contributed by atoms with Crippen molar-refractivity contribution in [2.45, 2.75) is 57.2 Å². The highest BCUT2D eigenvalue weighted by Crippen LogP contribution is 2.22. The monoisotopic (exact) mass is 302 g/mol. The van der Waals surface area contributed by atoms with Gasteiger partial charge >= 0.3 is 0 Å². The molecule has 0 aromatic carbocycles. The number of hydrogen-bond acceptors (Lipinski definition) is 3. The van der Waals surface area contributed by atoms with E-state index in [4.69, 9.17) is 0 Å². The van der Waals surface area contributed by atoms with Crippen LogP contribution >= 0.6 is 0 Å². The van der Waals surface area contributed by atoms with E-state index in [1.54, 1.807) is 11.2 Å². The maximum Gasteiger partial charge on any atom is 0.248 e. The number of carbonyl (C=O) groups is 2. The topological polar surface area (TPSA) is 66.5 Å². The van der Waals surface area contributed by atoms with Gasteiger partial charge in [-0.2, -0.15) is 0 Å². The number of rotatable bonds is 6. The van der Waals surface area contributed by atoms with Gasteiger partial charge in [-0.25, -0.2) is 0 Å². The summed E-state index contributed by atoms with van der Waals surface area (Å²) in [5.41, 5.74) is -0.762. The lowest BCUT2D eigenvalue weighted by atomic mass is 9.91. The van der Waals surface area contributed by atoms with Crippen molar-refractivity contribution in [3.63, 3.8) is 0 Å². The van der Waals surface area contributed by atoms with Crippen LogP contribution in [0, 0.1) is 0 Å². The quantitative estimate of drug-likeness (QED) is 0.797. The first-order chi connectivity index (χ1) is 9.36. The SMILES string of the molecule is CCC1(CC)NC(=O)CCN(CCC(C)S(C)=O)C1=O. The van der Waals surface area contributed by atoms with Gasteiger partial charge in [0.25, 0.3) is 0 Å². The Balaban J connectivity index is 2.82. The molecule has 1 fully saturated rings. The van der Waals surface area contributed by atoms with Crippen LogP contribution in [-0.4, -0.2) is 51.1 Å². The van der Waals surface area contributed by atoms with Gasteiger partial charge in [-0.3, -0.25) is 13.8 Å². The van der Waals surface area contributed by atoms with Crippen LogP contribution in [0.5, 0.6) is 0 Å². The summed E-state index contributed by atoms with van der Waals surface area (Å²) in [5, 5.41) is 2.95. The zero-order valence-corrected chi connectivity index (χ0v) is 13.7. The molecule has 0 saturated carbocycles. The van der Waals surface area contributed by atoms with Crippen molar-refractivity contribution >= 4 is 22.6 Å². The molecule has 1 rings (SSSR count). The molecule has 1 aliphatic heterocycles. The highest BCUT2D eigenvalue weighted by atomic mass is 32.2. The maximum absolute atomic E-state index is 12.7. The van der Waals surface area contributed by atoms with E-state index in [9.17, 15) is 13.8 Å². The normalized spacial score (nSPS) is 22.1. The van der Waals surface area contributed by atoms with Crippen LogP contribution < -0.4 is 5.32 Å². The molecule has 0 bridgehead atoms. The smallest absolute Gasteiger partial charge is 0.248 e. The van der Waals surface area contributed by atoms with Crippen LogP contribution in [-0.2, 0) is 20.4 Å². The molecule has 0 radical (unpaired) electrons. The molecule has 2 atom stereocenters. The molecule has 0 aromatic heterocycles. The fourth-order valence-corrected chi connectivity index (χ4v) is 2.91. The van der Waals surface area contributed by atoms with Gasteiger partial charge in [-0.1, -0.05) is 20.8 Å². The summed E-state index contributed by atoms with van der Waals surface area (Å²) < 4.78 is 11.4. The Kier molecular flexibility index (Phi) is 6.17. The first kappa shape index (κ1) is 17.1. The van der Waals surface area contributed by atoms with Crippen molar-refractivity contribution in [3.8, 4) is 0 Å². The molecule has 5 nitrogen and oxygen atoms in total. The number of carbonyl (C=O) groups excluding carboxylic acids is 2. The molecule has 1 N–H and O–H groups in total. The summed E-state index contributed by atoms with van der Waals surface area (Å²) in [5.74, 6) is -0.0564. The van der Waals surface area contributed by atoms with Crippen LogP contribution in [0.2, 0.25) is 0 Å². The van der Waals surface area contributed by atoms with Gasteiger partial charge in [0.15, 0.2) is 0 Å². The Morgan fingerprint density at radius 3 is 2.45 bits per heavy atom. The van der Waals surface area contributed by atoms with E-state index in [-0.39, 0.29) is 17.1 Å². The van der Waals surface area contributed by atoms with E-state index in [0.717, 1.165) is 0 Å². The third kappa shape index (κ3) is 3.81. The second-order valence-electron chi connectivity index (χ2n) is 5.48. The minimum atomic E-state index is -0.881. The predicted molar refractivity (Wildman–Crippen MR) is 80.8 cm³/mol. The minimum Gasteiger partial charge on any atom is -0.342 e. The Morgan fingerprint density at radius 2 is 1.95 bits per heavy atom.